The van der Waals surface area contributed by atoms with Gasteiger partial charge in [-0.15, -0.1) is 0 Å². The van der Waals surface area contributed by atoms with Crippen LogP contribution in [0.1, 0.15) is 42.0 Å². The third kappa shape index (κ3) is 3.30. The average Bonchev–Trinajstić information content (AvgIpc) is 2.46. The highest BCUT2D eigenvalue weighted by Gasteiger charge is 2.23. The molecule has 2 aromatic carbocycles. The number of aryl methyl sites for hydroxylation is 2. The van der Waals surface area contributed by atoms with Crippen molar-refractivity contribution in [3.05, 3.63) is 69.7 Å². The summed E-state index contributed by atoms with van der Waals surface area (Å²) in [6, 6.07) is 14.8. The molecule has 2 aromatic rings. The molecule has 110 valence electrons. The number of rotatable bonds is 3. The van der Waals surface area contributed by atoms with E-state index in [1.807, 2.05) is 18.2 Å². The lowest BCUT2D eigenvalue weighted by atomic mass is 9.82. The Balaban J connectivity index is 1.87. The molecule has 2 heteroatoms. The monoisotopic (exact) mass is 299 g/mol. The highest BCUT2D eigenvalue weighted by molar-refractivity contribution is 6.30. The van der Waals surface area contributed by atoms with Crippen LogP contribution in [0, 0.1) is 0 Å². The van der Waals surface area contributed by atoms with Gasteiger partial charge in [0.05, 0.1) is 0 Å². The Hall–Kier alpha value is -1.31. The molecule has 0 fully saturated rings. The summed E-state index contributed by atoms with van der Waals surface area (Å²) in [5.74, 6) is 0. The number of hydrogen-bond donors (Lipinski definition) is 1. The molecule has 3 rings (SSSR count). The smallest absolute Gasteiger partial charge is 0.0421 e. The molecule has 1 aliphatic rings. The lowest BCUT2D eigenvalue weighted by molar-refractivity contribution is 0.490. The van der Waals surface area contributed by atoms with Crippen LogP contribution in [-0.2, 0) is 24.8 Å². The maximum absolute atomic E-state index is 6.61. The maximum atomic E-state index is 6.61. The molecule has 0 spiro atoms. The van der Waals surface area contributed by atoms with Gasteiger partial charge in [0, 0.05) is 10.6 Å². The molecule has 0 aliphatic heterocycles. The van der Waals surface area contributed by atoms with Crippen LogP contribution >= 0.6 is 11.6 Å². The number of hydrogen-bond acceptors (Lipinski definition) is 1. The molecule has 21 heavy (non-hydrogen) atoms. The Morgan fingerprint density at radius 3 is 2.57 bits per heavy atom. The molecule has 0 radical (unpaired) electrons. The standard InChI is InChI=1S/C19H22ClN/c1-19(21,13-14-5-4-8-18(20)11-14)17-10-9-15-6-2-3-7-16(15)12-17/h4-5,8-12H,2-3,6-7,13,21H2,1H3. The Labute approximate surface area is 132 Å². The van der Waals surface area contributed by atoms with Crippen LogP contribution < -0.4 is 5.73 Å². The van der Waals surface area contributed by atoms with Gasteiger partial charge in [0.1, 0.15) is 0 Å². The number of fused-ring (bicyclic) bond motifs is 1. The number of halogens is 1. The predicted octanol–water partition coefficient (Wildman–Crippen LogP) is 4.64. The molecular weight excluding hydrogens is 278 g/mol. The van der Waals surface area contributed by atoms with Crippen molar-refractivity contribution in [1.29, 1.82) is 0 Å². The lowest BCUT2D eigenvalue weighted by Gasteiger charge is -2.28. The van der Waals surface area contributed by atoms with Crippen molar-refractivity contribution in [2.24, 2.45) is 5.73 Å². The van der Waals surface area contributed by atoms with Gasteiger partial charge in [-0.2, -0.15) is 0 Å². The van der Waals surface area contributed by atoms with Gasteiger partial charge in [-0.3, -0.25) is 0 Å². The Kier molecular flexibility index (Phi) is 4.05. The SMILES string of the molecule is CC(N)(Cc1cccc(Cl)c1)c1ccc2c(c1)CCCC2. The summed E-state index contributed by atoms with van der Waals surface area (Å²) in [5, 5.41) is 0.772. The van der Waals surface area contributed by atoms with Crippen molar-refractivity contribution in [3.8, 4) is 0 Å². The first-order chi connectivity index (χ1) is 10.0. The maximum Gasteiger partial charge on any atom is 0.0421 e. The molecule has 0 bridgehead atoms. The van der Waals surface area contributed by atoms with Gasteiger partial charge in [0.2, 0.25) is 0 Å². The molecular formula is C19H22ClN. The van der Waals surface area contributed by atoms with Crippen molar-refractivity contribution >= 4 is 11.6 Å². The molecule has 1 nitrogen and oxygen atoms in total. The van der Waals surface area contributed by atoms with Crippen molar-refractivity contribution in [2.45, 2.75) is 44.6 Å². The van der Waals surface area contributed by atoms with E-state index in [0.29, 0.717) is 0 Å². The number of nitrogens with two attached hydrogens (primary N) is 1. The lowest BCUT2D eigenvalue weighted by Crippen LogP contribution is -2.35. The van der Waals surface area contributed by atoms with E-state index in [2.05, 4.69) is 31.2 Å². The van der Waals surface area contributed by atoms with Crippen LogP contribution in [0.25, 0.3) is 0 Å². The van der Waals surface area contributed by atoms with Gasteiger partial charge >= 0.3 is 0 Å². The van der Waals surface area contributed by atoms with Gasteiger partial charge in [-0.1, -0.05) is 41.9 Å². The summed E-state index contributed by atoms with van der Waals surface area (Å²) in [4.78, 5) is 0. The molecule has 0 aromatic heterocycles. The molecule has 0 saturated heterocycles. The minimum Gasteiger partial charge on any atom is -0.321 e. The van der Waals surface area contributed by atoms with E-state index in [1.165, 1.54) is 47.9 Å². The largest absolute Gasteiger partial charge is 0.321 e. The summed E-state index contributed by atoms with van der Waals surface area (Å²) in [7, 11) is 0. The van der Waals surface area contributed by atoms with Crippen molar-refractivity contribution in [3.63, 3.8) is 0 Å². The fourth-order valence-electron chi connectivity index (χ4n) is 3.26. The van der Waals surface area contributed by atoms with Gasteiger partial charge in [0.25, 0.3) is 0 Å². The third-order valence-electron chi connectivity index (χ3n) is 4.47. The second kappa shape index (κ2) is 5.82. The van der Waals surface area contributed by atoms with E-state index < -0.39 is 0 Å². The van der Waals surface area contributed by atoms with E-state index >= 15 is 0 Å². The van der Waals surface area contributed by atoms with Crippen LogP contribution in [0.2, 0.25) is 5.02 Å². The van der Waals surface area contributed by atoms with Crippen LogP contribution in [0.4, 0.5) is 0 Å². The molecule has 1 aliphatic carbocycles. The van der Waals surface area contributed by atoms with Crippen molar-refractivity contribution in [1.82, 2.24) is 0 Å². The molecule has 1 atom stereocenters. The Morgan fingerprint density at radius 2 is 1.81 bits per heavy atom. The van der Waals surface area contributed by atoms with E-state index in [9.17, 15) is 0 Å². The van der Waals surface area contributed by atoms with E-state index in [0.717, 1.165) is 11.4 Å². The van der Waals surface area contributed by atoms with E-state index in [1.54, 1.807) is 0 Å². The zero-order valence-corrected chi connectivity index (χ0v) is 13.3. The van der Waals surface area contributed by atoms with Crippen LogP contribution in [0.15, 0.2) is 42.5 Å². The van der Waals surface area contributed by atoms with Gasteiger partial charge in [-0.05, 0) is 73.4 Å². The van der Waals surface area contributed by atoms with Crippen molar-refractivity contribution < 1.29 is 0 Å². The fraction of sp³-hybridized carbons (Fsp3) is 0.368. The highest BCUT2D eigenvalue weighted by atomic mass is 35.5. The first kappa shape index (κ1) is 14.6. The minimum atomic E-state index is -0.364. The fourth-order valence-corrected chi connectivity index (χ4v) is 3.47. The van der Waals surface area contributed by atoms with Gasteiger partial charge < -0.3 is 5.73 Å². The normalized spacial score (nSPS) is 17.1. The molecule has 0 heterocycles. The molecule has 0 saturated carbocycles. The average molecular weight is 300 g/mol. The third-order valence-corrected chi connectivity index (χ3v) is 4.70. The van der Waals surface area contributed by atoms with Crippen LogP contribution in [-0.4, -0.2) is 0 Å². The predicted molar refractivity (Wildman–Crippen MR) is 89.8 cm³/mol. The van der Waals surface area contributed by atoms with E-state index in [-0.39, 0.29) is 5.54 Å². The summed E-state index contributed by atoms with van der Waals surface area (Å²) in [6.45, 7) is 2.11. The van der Waals surface area contributed by atoms with E-state index in [4.69, 9.17) is 17.3 Å². The topological polar surface area (TPSA) is 26.0 Å². The summed E-state index contributed by atoms with van der Waals surface area (Å²) < 4.78 is 0. The Morgan fingerprint density at radius 1 is 1.05 bits per heavy atom. The summed E-state index contributed by atoms with van der Waals surface area (Å²) in [6.07, 6.45) is 5.81. The van der Waals surface area contributed by atoms with Crippen molar-refractivity contribution in [2.75, 3.05) is 0 Å². The quantitative estimate of drug-likeness (QED) is 0.878. The molecule has 1 unspecified atom stereocenters. The molecule has 2 N–H and O–H groups in total. The zero-order chi connectivity index (χ0) is 14.9. The van der Waals surface area contributed by atoms with Crippen LogP contribution in [0.3, 0.4) is 0 Å². The molecule has 0 amide bonds. The highest BCUT2D eigenvalue weighted by Crippen LogP contribution is 2.29. The zero-order valence-electron chi connectivity index (χ0n) is 12.5. The first-order valence-electron chi connectivity index (χ1n) is 7.70. The second-order valence-corrected chi connectivity index (χ2v) is 6.85. The van der Waals surface area contributed by atoms with Gasteiger partial charge in [-0.25, -0.2) is 0 Å². The summed E-state index contributed by atoms with van der Waals surface area (Å²) in [5.41, 5.74) is 11.6. The minimum absolute atomic E-state index is 0.364. The summed E-state index contributed by atoms with van der Waals surface area (Å²) >= 11 is 6.07. The van der Waals surface area contributed by atoms with Gasteiger partial charge in [0.15, 0.2) is 0 Å². The van der Waals surface area contributed by atoms with Crippen LogP contribution in [0.5, 0.6) is 0 Å². The number of benzene rings is 2. The first-order valence-corrected chi connectivity index (χ1v) is 8.08. The second-order valence-electron chi connectivity index (χ2n) is 6.41. The Bertz CT molecular complexity index is 646.